The Kier molecular flexibility index (Phi) is 6.86. The van der Waals surface area contributed by atoms with Gasteiger partial charge in [-0.15, -0.1) is 0 Å². The molecule has 0 saturated carbocycles. The summed E-state index contributed by atoms with van der Waals surface area (Å²) >= 11 is 0. The van der Waals surface area contributed by atoms with Gasteiger partial charge in [0.25, 0.3) is 5.91 Å². The van der Waals surface area contributed by atoms with Crippen LogP contribution >= 0.6 is 0 Å². The number of imide groups is 1. The van der Waals surface area contributed by atoms with E-state index < -0.39 is 6.29 Å². The predicted molar refractivity (Wildman–Crippen MR) is 94.7 cm³/mol. The first kappa shape index (κ1) is 18.8. The summed E-state index contributed by atoms with van der Waals surface area (Å²) in [5.41, 5.74) is 1.56. The summed E-state index contributed by atoms with van der Waals surface area (Å²) < 4.78 is 4.60. The minimum Gasteiger partial charge on any atom is -0.368 e. The van der Waals surface area contributed by atoms with E-state index in [9.17, 15) is 9.59 Å². The SMILES string of the molecule is CCOC(C)O.O=C1C[C@H](c2ccccc2)N1C(=O)c1ccccc1. The second kappa shape index (κ2) is 9.11. The van der Waals surface area contributed by atoms with Gasteiger partial charge >= 0.3 is 0 Å². The average molecular weight is 341 g/mol. The van der Waals surface area contributed by atoms with Gasteiger partial charge in [-0.05, 0) is 31.5 Å². The molecule has 1 aliphatic heterocycles. The van der Waals surface area contributed by atoms with Crippen molar-refractivity contribution in [3.8, 4) is 0 Å². The van der Waals surface area contributed by atoms with Crippen LogP contribution in [0.25, 0.3) is 0 Å². The molecule has 5 nitrogen and oxygen atoms in total. The number of hydrogen-bond acceptors (Lipinski definition) is 4. The van der Waals surface area contributed by atoms with Crippen molar-refractivity contribution in [3.05, 3.63) is 71.8 Å². The van der Waals surface area contributed by atoms with Gasteiger partial charge in [0.1, 0.15) is 0 Å². The van der Waals surface area contributed by atoms with Crippen LogP contribution < -0.4 is 0 Å². The maximum Gasteiger partial charge on any atom is 0.261 e. The van der Waals surface area contributed by atoms with Crippen molar-refractivity contribution < 1.29 is 19.4 Å². The fourth-order valence-electron chi connectivity index (χ4n) is 2.57. The molecule has 2 aromatic carbocycles. The lowest BCUT2D eigenvalue weighted by molar-refractivity contribution is -0.141. The topological polar surface area (TPSA) is 66.8 Å². The van der Waals surface area contributed by atoms with E-state index in [1.54, 1.807) is 31.2 Å². The minimum atomic E-state index is -0.602. The maximum atomic E-state index is 12.3. The summed E-state index contributed by atoms with van der Waals surface area (Å²) in [6.45, 7) is 4.01. The fraction of sp³-hybridized carbons (Fsp3) is 0.300. The van der Waals surface area contributed by atoms with Crippen LogP contribution in [-0.4, -0.2) is 34.7 Å². The third-order valence-corrected chi connectivity index (χ3v) is 3.78. The quantitative estimate of drug-likeness (QED) is 0.527. The Morgan fingerprint density at radius 3 is 2.16 bits per heavy atom. The fourth-order valence-corrected chi connectivity index (χ4v) is 2.57. The van der Waals surface area contributed by atoms with Crippen molar-refractivity contribution in [3.63, 3.8) is 0 Å². The molecule has 132 valence electrons. The highest BCUT2D eigenvalue weighted by atomic mass is 16.6. The molecule has 1 aliphatic rings. The van der Waals surface area contributed by atoms with Crippen molar-refractivity contribution in [1.29, 1.82) is 0 Å². The molecule has 1 fully saturated rings. The van der Waals surface area contributed by atoms with Crippen molar-refractivity contribution in [2.45, 2.75) is 32.6 Å². The van der Waals surface area contributed by atoms with Crippen LogP contribution in [0.3, 0.4) is 0 Å². The van der Waals surface area contributed by atoms with Crippen LogP contribution in [0.15, 0.2) is 60.7 Å². The molecule has 1 N–H and O–H groups in total. The average Bonchev–Trinajstić information content (AvgIpc) is 2.61. The van der Waals surface area contributed by atoms with Crippen molar-refractivity contribution >= 4 is 11.8 Å². The molecule has 1 heterocycles. The summed E-state index contributed by atoms with van der Waals surface area (Å²) in [6, 6.07) is 18.4. The van der Waals surface area contributed by atoms with Gasteiger partial charge < -0.3 is 9.84 Å². The maximum absolute atomic E-state index is 12.3. The highest BCUT2D eigenvalue weighted by Gasteiger charge is 2.41. The third-order valence-electron chi connectivity index (χ3n) is 3.78. The molecule has 2 aromatic rings. The van der Waals surface area contributed by atoms with Crippen LogP contribution in [0.4, 0.5) is 0 Å². The molecule has 1 saturated heterocycles. The molecule has 25 heavy (non-hydrogen) atoms. The minimum absolute atomic E-state index is 0.109. The molecule has 0 bridgehead atoms. The molecule has 0 radical (unpaired) electrons. The molecule has 2 atom stereocenters. The second-order valence-corrected chi connectivity index (χ2v) is 5.62. The summed E-state index contributed by atoms with van der Waals surface area (Å²) in [5.74, 6) is -0.326. The zero-order valence-electron chi connectivity index (χ0n) is 14.5. The first-order chi connectivity index (χ1) is 12.0. The smallest absolute Gasteiger partial charge is 0.261 e. The number of carbonyl (C=O) groups is 2. The first-order valence-electron chi connectivity index (χ1n) is 8.30. The van der Waals surface area contributed by atoms with Gasteiger partial charge in [0.2, 0.25) is 5.91 Å². The molecular weight excluding hydrogens is 318 g/mol. The van der Waals surface area contributed by atoms with Crippen LogP contribution in [0.2, 0.25) is 0 Å². The second-order valence-electron chi connectivity index (χ2n) is 5.62. The van der Waals surface area contributed by atoms with Gasteiger partial charge in [0.05, 0.1) is 12.5 Å². The van der Waals surface area contributed by atoms with E-state index in [4.69, 9.17) is 5.11 Å². The number of carbonyl (C=O) groups excluding carboxylic acids is 2. The van der Waals surface area contributed by atoms with Gasteiger partial charge in [-0.1, -0.05) is 48.5 Å². The Balaban J connectivity index is 0.000000326. The highest BCUT2D eigenvalue weighted by molar-refractivity contribution is 6.08. The predicted octanol–water partition coefficient (Wildman–Crippen LogP) is 3.16. The molecule has 2 amide bonds. The van der Waals surface area contributed by atoms with Crippen LogP contribution in [0.1, 0.15) is 42.2 Å². The van der Waals surface area contributed by atoms with E-state index >= 15 is 0 Å². The van der Waals surface area contributed by atoms with Crippen LogP contribution in [-0.2, 0) is 9.53 Å². The third kappa shape index (κ3) is 4.98. The Labute approximate surface area is 147 Å². The number of aliphatic hydroxyl groups excluding tert-OH is 1. The number of nitrogens with zero attached hydrogens (tertiary/aromatic N) is 1. The van der Waals surface area contributed by atoms with Crippen LogP contribution in [0, 0.1) is 0 Å². The van der Waals surface area contributed by atoms with E-state index in [0.717, 1.165) is 5.56 Å². The number of amides is 2. The molecule has 0 aromatic heterocycles. The molecular formula is C20H23NO4. The number of β-lactam (4-membered cyclic amide) rings is 1. The number of hydrogen-bond donors (Lipinski definition) is 1. The van der Waals surface area contributed by atoms with Gasteiger partial charge in [0.15, 0.2) is 6.29 Å². The summed E-state index contributed by atoms with van der Waals surface area (Å²) in [6.07, 6.45) is -0.197. The number of likely N-dealkylation sites (tertiary alicyclic amines) is 1. The van der Waals surface area contributed by atoms with Gasteiger partial charge in [-0.3, -0.25) is 14.5 Å². The Hall–Kier alpha value is -2.50. The van der Waals surface area contributed by atoms with Gasteiger partial charge in [-0.2, -0.15) is 0 Å². The van der Waals surface area contributed by atoms with Crippen molar-refractivity contribution in [1.82, 2.24) is 4.90 Å². The Morgan fingerprint density at radius 1 is 1.16 bits per heavy atom. The van der Waals surface area contributed by atoms with Crippen LogP contribution in [0.5, 0.6) is 0 Å². The monoisotopic (exact) mass is 341 g/mol. The highest BCUT2D eigenvalue weighted by Crippen LogP contribution is 2.35. The zero-order valence-corrected chi connectivity index (χ0v) is 14.5. The van der Waals surface area contributed by atoms with E-state index in [2.05, 4.69) is 4.74 Å². The van der Waals surface area contributed by atoms with Crippen molar-refractivity contribution in [2.75, 3.05) is 6.61 Å². The molecule has 5 heteroatoms. The standard InChI is InChI=1S/C16H13NO2.C4H10O2/c18-15-11-14(12-7-3-1-4-8-12)17(15)16(19)13-9-5-2-6-10-13;1-3-6-4(2)5/h1-10,14H,11H2;4-5H,3H2,1-2H3/t14-;/m1./s1. The van der Waals surface area contributed by atoms with E-state index in [-0.39, 0.29) is 17.9 Å². The summed E-state index contributed by atoms with van der Waals surface area (Å²) in [5, 5.41) is 8.33. The Bertz CT molecular complexity index is 685. The molecule has 0 spiro atoms. The Morgan fingerprint density at radius 2 is 1.72 bits per heavy atom. The summed E-state index contributed by atoms with van der Waals surface area (Å²) in [4.78, 5) is 25.4. The molecule has 3 rings (SSSR count). The normalized spacial score (nSPS) is 17.2. The number of ether oxygens (including phenoxy) is 1. The van der Waals surface area contributed by atoms with E-state index in [1.165, 1.54) is 4.90 Å². The molecule has 1 unspecified atom stereocenters. The lowest BCUT2D eigenvalue weighted by Crippen LogP contribution is -2.49. The largest absolute Gasteiger partial charge is 0.368 e. The number of rotatable bonds is 4. The van der Waals surface area contributed by atoms with E-state index in [0.29, 0.717) is 18.6 Å². The van der Waals surface area contributed by atoms with Gasteiger partial charge in [-0.25, -0.2) is 0 Å². The van der Waals surface area contributed by atoms with Crippen molar-refractivity contribution in [2.24, 2.45) is 0 Å². The number of benzene rings is 2. The summed E-state index contributed by atoms with van der Waals surface area (Å²) in [7, 11) is 0. The first-order valence-corrected chi connectivity index (χ1v) is 8.30. The number of aliphatic hydroxyl groups is 1. The zero-order chi connectivity index (χ0) is 18.2. The van der Waals surface area contributed by atoms with Gasteiger partial charge in [0, 0.05) is 12.2 Å². The lowest BCUT2D eigenvalue weighted by atomic mass is 9.93. The molecule has 0 aliphatic carbocycles. The van der Waals surface area contributed by atoms with E-state index in [1.807, 2.05) is 43.3 Å². The lowest BCUT2D eigenvalue weighted by Gasteiger charge is -2.39.